The minimum Gasteiger partial charge on any atom is -0.398 e. The summed E-state index contributed by atoms with van der Waals surface area (Å²) in [4.78, 5) is 0.730. The first-order valence-corrected chi connectivity index (χ1v) is 7.95. The van der Waals surface area contributed by atoms with E-state index in [9.17, 15) is 4.21 Å². The van der Waals surface area contributed by atoms with Gasteiger partial charge in [-0.1, -0.05) is 24.3 Å². The van der Waals surface area contributed by atoms with E-state index in [2.05, 4.69) is 22.6 Å². The molecule has 0 spiro atoms. The van der Waals surface area contributed by atoms with E-state index < -0.39 is 10.8 Å². The van der Waals surface area contributed by atoms with Crippen LogP contribution in [0.15, 0.2) is 47.4 Å². The zero-order valence-electron chi connectivity index (χ0n) is 10.0. The second-order valence-corrected chi connectivity index (χ2v) is 6.77. The molecule has 0 aliphatic heterocycles. The molecule has 0 fully saturated rings. The Morgan fingerprint density at radius 1 is 1.17 bits per heavy atom. The van der Waals surface area contributed by atoms with Crippen LogP contribution in [0.25, 0.3) is 0 Å². The zero-order valence-corrected chi connectivity index (χ0v) is 13.0. The van der Waals surface area contributed by atoms with Crippen LogP contribution in [0.4, 0.5) is 5.69 Å². The van der Waals surface area contributed by atoms with Crippen molar-refractivity contribution >= 4 is 39.1 Å². The van der Waals surface area contributed by atoms with Gasteiger partial charge in [0.1, 0.15) is 0 Å². The van der Waals surface area contributed by atoms with Crippen LogP contribution in [0.2, 0.25) is 0 Å². The lowest BCUT2D eigenvalue weighted by Crippen LogP contribution is -2.02. The number of aryl methyl sites for hydroxylation is 1. The molecular formula is C14H14INOS. The van der Waals surface area contributed by atoms with E-state index >= 15 is 0 Å². The molecule has 0 saturated heterocycles. The molecule has 0 amide bonds. The van der Waals surface area contributed by atoms with Gasteiger partial charge in [-0.15, -0.1) is 0 Å². The lowest BCUT2D eigenvalue weighted by atomic mass is 10.2. The highest BCUT2D eigenvalue weighted by molar-refractivity contribution is 14.1. The van der Waals surface area contributed by atoms with E-state index in [4.69, 9.17) is 5.73 Å². The Kier molecular flexibility index (Phi) is 4.40. The van der Waals surface area contributed by atoms with Crippen molar-refractivity contribution in [3.05, 3.63) is 57.2 Å². The third-order valence-electron chi connectivity index (χ3n) is 2.74. The molecule has 0 bridgehead atoms. The Bertz CT molecular complexity index is 581. The fraction of sp³-hybridized carbons (Fsp3) is 0.143. The van der Waals surface area contributed by atoms with Crippen LogP contribution >= 0.6 is 22.6 Å². The Balaban J connectivity index is 2.22. The van der Waals surface area contributed by atoms with Crippen molar-refractivity contribution in [1.29, 1.82) is 0 Å². The fourth-order valence-corrected chi connectivity index (χ4v) is 3.31. The minimum absolute atomic E-state index is 0.505. The van der Waals surface area contributed by atoms with E-state index in [0.29, 0.717) is 11.4 Å². The molecule has 0 saturated carbocycles. The van der Waals surface area contributed by atoms with Crippen LogP contribution in [-0.2, 0) is 16.6 Å². The Morgan fingerprint density at radius 3 is 2.50 bits per heavy atom. The van der Waals surface area contributed by atoms with E-state index in [1.807, 2.05) is 49.4 Å². The monoisotopic (exact) mass is 371 g/mol. The Hall–Kier alpha value is -0.880. The molecule has 0 radical (unpaired) electrons. The van der Waals surface area contributed by atoms with Crippen LogP contribution in [0.5, 0.6) is 0 Å². The molecule has 0 heterocycles. The topological polar surface area (TPSA) is 43.1 Å². The maximum absolute atomic E-state index is 12.3. The lowest BCUT2D eigenvalue weighted by molar-refractivity contribution is 0.683. The van der Waals surface area contributed by atoms with Crippen molar-refractivity contribution in [3.8, 4) is 0 Å². The molecule has 2 rings (SSSR count). The summed E-state index contributed by atoms with van der Waals surface area (Å²) < 4.78 is 13.5. The number of benzene rings is 2. The molecule has 2 nitrogen and oxygen atoms in total. The molecule has 2 aromatic carbocycles. The number of rotatable bonds is 3. The SMILES string of the molecule is Cc1cccc(S(=O)Cc2ccc(I)cc2)c1N. The van der Waals surface area contributed by atoms with Crippen LogP contribution in [0, 0.1) is 10.5 Å². The second kappa shape index (κ2) is 5.84. The molecule has 18 heavy (non-hydrogen) atoms. The van der Waals surface area contributed by atoms with E-state index in [-0.39, 0.29) is 0 Å². The maximum Gasteiger partial charge on any atom is 0.0623 e. The second-order valence-electron chi connectivity index (χ2n) is 4.10. The minimum atomic E-state index is -1.09. The van der Waals surface area contributed by atoms with E-state index in [0.717, 1.165) is 16.0 Å². The summed E-state index contributed by atoms with van der Waals surface area (Å²) in [5.74, 6) is 0.505. The van der Waals surface area contributed by atoms with Gasteiger partial charge in [0.2, 0.25) is 0 Å². The predicted octanol–water partition coefficient (Wildman–Crippen LogP) is 3.49. The van der Waals surface area contributed by atoms with Crippen molar-refractivity contribution in [2.75, 3.05) is 5.73 Å². The van der Waals surface area contributed by atoms with Crippen LogP contribution in [0.1, 0.15) is 11.1 Å². The highest BCUT2D eigenvalue weighted by Gasteiger charge is 2.10. The molecule has 2 aromatic rings. The van der Waals surface area contributed by atoms with Crippen molar-refractivity contribution in [3.63, 3.8) is 0 Å². The summed E-state index contributed by atoms with van der Waals surface area (Å²) in [6.45, 7) is 1.93. The molecular weight excluding hydrogens is 357 g/mol. The number of nitrogens with two attached hydrogens (primary N) is 1. The average molecular weight is 371 g/mol. The van der Waals surface area contributed by atoms with Crippen molar-refractivity contribution in [2.45, 2.75) is 17.6 Å². The molecule has 94 valence electrons. The molecule has 1 unspecified atom stereocenters. The third kappa shape index (κ3) is 3.11. The first-order chi connectivity index (χ1) is 8.58. The highest BCUT2D eigenvalue weighted by atomic mass is 127. The first-order valence-electron chi connectivity index (χ1n) is 5.56. The van der Waals surface area contributed by atoms with Crippen LogP contribution in [-0.4, -0.2) is 4.21 Å². The van der Waals surface area contributed by atoms with Gasteiger partial charge in [-0.05, 0) is 58.8 Å². The lowest BCUT2D eigenvalue weighted by Gasteiger charge is -2.08. The fourth-order valence-electron chi connectivity index (χ4n) is 1.66. The zero-order chi connectivity index (χ0) is 13.1. The summed E-state index contributed by atoms with van der Waals surface area (Å²) in [5.41, 5.74) is 8.65. The number of hydrogen-bond donors (Lipinski definition) is 1. The van der Waals surface area contributed by atoms with E-state index in [1.165, 1.54) is 3.57 Å². The Labute approximate surface area is 123 Å². The van der Waals surface area contributed by atoms with Gasteiger partial charge >= 0.3 is 0 Å². The number of anilines is 1. The number of halogens is 1. The normalized spacial score (nSPS) is 12.3. The summed E-state index contributed by atoms with van der Waals surface area (Å²) >= 11 is 2.26. The predicted molar refractivity (Wildman–Crippen MR) is 84.9 cm³/mol. The molecule has 0 aromatic heterocycles. The van der Waals surface area contributed by atoms with Crippen LogP contribution in [0.3, 0.4) is 0 Å². The number of para-hydroxylation sites is 1. The van der Waals surface area contributed by atoms with Gasteiger partial charge < -0.3 is 5.73 Å². The van der Waals surface area contributed by atoms with Crippen molar-refractivity contribution < 1.29 is 4.21 Å². The molecule has 2 N–H and O–H groups in total. The van der Waals surface area contributed by atoms with Gasteiger partial charge in [0.15, 0.2) is 0 Å². The summed E-state index contributed by atoms with van der Waals surface area (Å²) in [7, 11) is -1.09. The van der Waals surface area contributed by atoms with Gasteiger partial charge in [-0.25, -0.2) is 0 Å². The van der Waals surface area contributed by atoms with Crippen molar-refractivity contribution in [1.82, 2.24) is 0 Å². The largest absolute Gasteiger partial charge is 0.398 e. The molecule has 4 heteroatoms. The maximum atomic E-state index is 12.3. The molecule has 1 atom stereocenters. The summed E-state index contributed by atoms with van der Waals surface area (Å²) in [6.07, 6.45) is 0. The number of nitrogen functional groups attached to an aromatic ring is 1. The molecule has 0 aliphatic carbocycles. The van der Waals surface area contributed by atoms with Crippen LogP contribution < -0.4 is 5.73 Å². The van der Waals surface area contributed by atoms with Crippen molar-refractivity contribution in [2.24, 2.45) is 0 Å². The van der Waals surface area contributed by atoms with Gasteiger partial charge in [-0.3, -0.25) is 4.21 Å². The third-order valence-corrected chi connectivity index (χ3v) is 4.90. The highest BCUT2D eigenvalue weighted by Crippen LogP contribution is 2.22. The summed E-state index contributed by atoms with van der Waals surface area (Å²) in [6, 6.07) is 13.7. The Morgan fingerprint density at radius 2 is 1.83 bits per heavy atom. The standard InChI is InChI=1S/C14H14INOS/c1-10-3-2-4-13(14(10)16)18(17)9-11-5-7-12(15)8-6-11/h2-8H,9,16H2,1H3. The summed E-state index contributed by atoms with van der Waals surface area (Å²) in [5, 5.41) is 0. The average Bonchev–Trinajstić information content (AvgIpc) is 2.35. The first kappa shape index (κ1) is 13.5. The quantitative estimate of drug-likeness (QED) is 0.663. The van der Waals surface area contributed by atoms with E-state index in [1.54, 1.807) is 0 Å². The van der Waals surface area contributed by atoms with Gasteiger partial charge in [-0.2, -0.15) is 0 Å². The smallest absolute Gasteiger partial charge is 0.0623 e. The number of hydrogen-bond acceptors (Lipinski definition) is 2. The van der Waals surface area contributed by atoms with Gasteiger partial charge in [0.25, 0.3) is 0 Å². The van der Waals surface area contributed by atoms with Gasteiger partial charge in [0.05, 0.1) is 27.1 Å². The molecule has 0 aliphatic rings. The van der Waals surface area contributed by atoms with Gasteiger partial charge in [0, 0.05) is 3.57 Å².